The Hall–Kier alpha value is -3.22. The molecule has 1 aromatic carbocycles. The van der Waals surface area contributed by atoms with Crippen LogP contribution in [0.15, 0.2) is 54.9 Å². The molecule has 1 amide bonds. The van der Waals surface area contributed by atoms with Gasteiger partial charge in [-0.15, -0.1) is 0 Å². The molecule has 0 saturated heterocycles. The zero-order valence-electron chi connectivity index (χ0n) is 14.8. The Morgan fingerprint density at radius 3 is 2.31 bits per heavy atom. The SMILES string of the molecule is CC(C)(C)/C=C/C(NC(=O)c1cnc(Oc2ccccc2)nc1)C(=O)O. The average Bonchev–Trinajstić information content (AvgIpc) is 2.59. The normalized spacial score (nSPS) is 12.6. The highest BCUT2D eigenvalue weighted by Gasteiger charge is 2.19. The molecular weight excluding hydrogens is 334 g/mol. The van der Waals surface area contributed by atoms with Crippen molar-refractivity contribution < 1.29 is 19.4 Å². The number of carbonyl (C=O) groups is 2. The highest BCUT2D eigenvalue weighted by atomic mass is 16.5. The van der Waals surface area contributed by atoms with Gasteiger partial charge in [0.25, 0.3) is 5.91 Å². The van der Waals surface area contributed by atoms with Crippen molar-refractivity contribution in [3.8, 4) is 11.8 Å². The second-order valence-electron chi connectivity index (χ2n) is 6.68. The molecule has 2 N–H and O–H groups in total. The summed E-state index contributed by atoms with van der Waals surface area (Å²) in [7, 11) is 0. The summed E-state index contributed by atoms with van der Waals surface area (Å²) in [4.78, 5) is 31.5. The quantitative estimate of drug-likeness (QED) is 0.772. The average molecular weight is 355 g/mol. The standard InChI is InChI=1S/C19H21N3O4/c1-19(2,3)10-9-15(17(24)25)22-16(23)13-11-20-18(21-12-13)26-14-7-5-4-6-8-14/h4-12,15H,1-3H3,(H,22,23)(H,24,25)/b10-9+. The van der Waals surface area contributed by atoms with Gasteiger partial charge in [-0.3, -0.25) is 4.79 Å². The number of carboxylic acid groups (broad SMARTS) is 1. The lowest BCUT2D eigenvalue weighted by atomic mass is 9.95. The molecule has 7 nitrogen and oxygen atoms in total. The van der Waals surface area contributed by atoms with E-state index >= 15 is 0 Å². The number of carbonyl (C=O) groups excluding carboxylic acids is 1. The number of ether oxygens (including phenoxy) is 1. The van der Waals surface area contributed by atoms with Gasteiger partial charge in [-0.25, -0.2) is 14.8 Å². The molecule has 2 aromatic rings. The number of aromatic nitrogens is 2. The molecule has 0 aliphatic rings. The minimum absolute atomic E-state index is 0.0927. The zero-order valence-corrected chi connectivity index (χ0v) is 14.8. The van der Waals surface area contributed by atoms with E-state index in [1.807, 2.05) is 39.0 Å². The van der Waals surface area contributed by atoms with E-state index in [-0.39, 0.29) is 17.0 Å². The molecule has 1 heterocycles. The van der Waals surface area contributed by atoms with E-state index in [9.17, 15) is 14.7 Å². The van der Waals surface area contributed by atoms with Gasteiger partial charge < -0.3 is 15.2 Å². The summed E-state index contributed by atoms with van der Waals surface area (Å²) in [6.07, 6.45) is 5.76. The molecule has 2 rings (SSSR count). The maximum atomic E-state index is 12.2. The van der Waals surface area contributed by atoms with Gasteiger partial charge in [-0.1, -0.05) is 51.1 Å². The van der Waals surface area contributed by atoms with Gasteiger partial charge in [0.2, 0.25) is 0 Å². The number of rotatable bonds is 6. The Kier molecular flexibility index (Phi) is 6.06. The number of hydrogen-bond donors (Lipinski definition) is 2. The first-order valence-electron chi connectivity index (χ1n) is 8.02. The summed E-state index contributed by atoms with van der Waals surface area (Å²) in [5.74, 6) is -1.16. The number of allylic oxidation sites excluding steroid dienone is 1. The topological polar surface area (TPSA) is 101 Å². The monoisotopic (exact) mass is 355 g/mol. The number of benzene rings is 1. The lowest BCUT2D eigenvalue weighted by Gasteiger charge is -2.15. The van der Waals surface area contributed by atoms with Crippen LogP contribution in [0.5, 0.6) is 11.8 Å². The fraction of sp³-hybridized carbons (Fsp3) is 0.263. The molecule has 0 aliphatic carbocycles. The van der Waals surface area contributed by atoms with Crippen molar-refractivity contribution in [3.63, 3.8) is 0 Å². The molecule has 1 unspecified atom stereocenters. The lowest BCUT2D eigenvalue weighted by molar-refractivity contribution is -0.137. The maximum absolute atomic E-state index is 12.2. The highest BCUT2D eigenvalue weighted by molar-refractivity contribution is 5.96. The molecule has 26 heavy (non-hydrogen) atoms. The van der Waals surface area contributed by atoms with Crippen LogP contribution in [-0.4, -0.2) is 33.0 Å². The van der Waals surface area contributed by atoms with Crippen LogP contribution in [0.4, 0.5) is 0 Å². The van der Waals surface area contributed by atoms with E-state index < -0.39 is 17.9 Å². The van der Waals surface area contributed by atoms with E-state index in [1.165, 1.54) is 18.5 Å². The Morgan fingerprint density at radius 1 is 1.15 bits per heavy atom. The van der Waals surface area contributed by atoms with Gasteiger partial charge in [-0.05, 0) is 17.5 Å². The first kappa shape index (κ1) is 19.1. The first-order valence-corrected chi connectivity index (χ1v) is 8.02. The van der Waals surface area contributed by atoms with Gasteiger partial charge >= 0.3 is 12.0 Å². The van der Waals surface area contributed by atoms with Crippen LogP contribution in [0, 0.1) is 5.41 Å². The molecule has 0 saturated carbocycles. The largest absolute Gasteiger partial charge is 0.479 e. The number of hydrogen-bond acceptors (Lipinski definition) is 5. The third kappa shape index (κ3) is 6.01. The Labute approximate surface area is 151 Å². The molecule has 0 radical (unpaired) electrons. The number of nitrogens with one attached hydrogen (secondary N) is 1. The van der Waals surface area contributed by atoms with E-state index in [4.69, 9.17) is 4.74 Å². The molecule has 0 fully saturated rings. The Morgan fingerprint density at radius 2 is 1.77 bits per heavy atom. The van der Waals surface area contributed by atoms with Crippen molar-refractivity contribution in [2.45, 2.75) is 26.8 Å². The highest BCUT2D eigenvalue weighted by Crippen LogP contribution is 2.17. The predicted octanol–water partition coefficient (Wildman–Crippen LogP) is 3.05. The maximum Gasteiger partial charge on any atom is 0.330 e. The molecule has 7 heteroatoms. The van der Waals surface area contributed by atoms with Crippen molar-refractivity contribution >= 4 is 11.9 Å². The number of nitrogens with zero attached hydrogens (tertiary/aromatic N) is 2. The fourth-order valence-corrected chi connectivity index (χ4v) is 1.88. The van der Waals surface area contributed by atoms with E-state index in [0.29, 0.717) is 5.75 Å². The molecule has 136 valence electrons. The summed E-state index contributed by atoms with van der Waals surface area (Å²) in [5, 5.41) is 11.7. The van der Waals surface area contributed by atoms with E-state index in [2.05, 4.69) is 15.3 Å². The fourth-order valence-electron chi connectivity index (χ4n) is 1.88. The third-order valence-corrected chi connectivity index (χ3v) is 3.18. The van der Waals surface area contributed by atoms with Crippen molar-refractivity contribution in [3.05, 3.63) is 60.4 Å². The molecule has 1 aromatic heterocycles. The number of aliphatic carboxylic acids is 1. The molecule has 0 bridgehead atoms. The van der Waals surface area contributed by atoms with Crippen LogP contribution in [0.1, 0.15) is 31.1 Å². The molecule has 1 atom stereocenters. The van der Waals surface area contributed by atoms with Gasteiger partial charge in [0, 0.05) is 12.4 Å². The lowest BCUT2D eigenvalue weighted by Crippen LogP contribution is -2.39. The van der Waals surface area contributed by atoms with Crippen molar-refractivity contribution in [2.24, 2.45) is 5.41 Å². The van der Waals surface area contributed by atoms with Gasteiger partial charge in [0.05, 0.1) is 5.56 Å². The minimum Gasteiger partial charge on any atom is -0.479 e. The second-order valence-corrected chi connectivity index (χ2v) is 6.68. The summed E-state index contributed by atoms with van der Waals surface area (Å²) in [6, 6.07) is 7.94. The summed E-state index contributed by atoms with van der Waals surface area (Å²) in [5.41, 5.74) is -0.0568. The van der Waals surface area contributed by atoms with Gasteiger partial charge in [-0.2, -0.15) is 0 Å². The second kappa shape index (κ2) is 8.24. The van der Waals surface area contributed by atoms with Crippen LogP contribution < -0.4 is 10.1 Å². The van der Waals surface area contributed by atoms with Gasteiger partial charge in [0.1, 0.15) is 11.8 Å². The molecule has 0 spiro atoms. The van der Waals surface area contributed by atoms with Crippen LogP contribution in [0.25, 0.3) is 0 Å². The van der Waals surface area contributed by atoms with Crippen molar-refractivity contribution in [1.29, 1.82) is 0 Å². The smallest absolute Gasteiger partial charge is 0.330 e. The molecular formula is C19H21N3O4. The Balaban J connectivity index is 2.04. The van der Waals surface area contributed by atoms with Crippen LogP contribution >= 0.6 is 0 Å². The summed E-state index contributed by atoms with van der Waals surface area (Å²) in [6.45, 7) is 5.80. The first-order chi connectivity index (χ1) is 12.2. The van der Waals surface area contributed by atoms with Crippen LogP contribution in [-0.2, 0) is 4.79 Å². The minimum atomic E-state index is -1.15. The Bertz CT molecular complexity index is 781. The summed E-state index contributed by atoms with van der Waals surface area (Å²) < 4.78 is 5.45. The number of para-hydroxylation sites is 1. The number of carboxylic acids is 1. The zero-order chi connectivity index (χ0) is 19.2. The van der Waals surface area contributed by atoms with E-state index in [0.717, 1.165) is 0 Å². The van der Waals surface area contributed by atoms with Crippen molar-refractivity contribution in [2.75, 3.05) is 0 Å². The number of amides is 1. The van der Waals surface area contributed by atoms with E-state index in [1.54, 1.807) is 18.2 Å². The third-order valence-electron chi connectivity index (χ3n) is 3.18. The van der Waals surface area contributed by atoms with Crippen molar-refractivity contribution in [1.82, 2.24) is 15.3 Å². The van der Waals surface area contributed by atoms with Gasteiger partial charge in [0.15, 0.2) is 0 Å². The van der Waals surface area contributed by atoms with Crippen LogP contribution in [0.3, 0.4) is 0 Å². The predicted molar refractivity (Wildman–Crippen MR) is 96.0 cm³/mol. The van der Waals surface area contributed by atoms with Crippen LogP contribution in [0.2, 0.25) is 0 Å². The molecule has 0 aliphatic heterocycles. The summed E-state index contributed by atoms with van der Waals surface area (Å²) >= 11 is 0.